The van der Waals surface area contributed by atoms with Crippen LogP contribution in [0.3, 0.4) is 0 Å². The van der Waals surface area contributed by atoms with Crippen LogP contribution < -0.4 is 5.32 Å². The first-order chi connectivity index (χ1) is 8.81. The molecule has 1 saturated heterocycles. The largest absolute Gasteiger partial charge is 0.327 e. The van der Waals surface area contributed by atoms with E-state index in [1.165, 1.54) is 12.1 Å². The molecule has 102 valence electrons. The SMILES string of the molecule is CN1C(=O)C(Cc2ccc([N+](=O)[O-])cc2)NC1(C)C. The minimum Gasteiger partial charge on any atom is -0.327 e. The van der Waals surface area contributed by atoms with Gasteiger partial charge in [-0.3, -0.25) is 20.2 Å². The average Bonchev–Trinajstić information content (AvgIpc) is 2.54. The normalized spacial score (nSPS) is 21.7. The van der Waals surface area contributed by atoms with Crippen LogP contribution in [0.5, 0.6) is 0 Å². The van der Waals surface area contributed by atoms with E-state index in [9.17, 15) is 14.9 Å². The van der Waals surface area contributed by atoms with Crippen molar-refractivity contribution in [3.8, 4) is 0 Å². The summed E-state index contributed by atoms with van der Waals surface area (Å²) in [7, 11) is 1.77. The molecule has 1 N–H and O–H groups in total. The number of rotatable bonds is 3. The maximum atomic E-state index is 12.1. The Hall–Kier alpha value is -1.95. The molecule has 1 aliphatic heterocycles. The molecule has 6 heteroatoms. The monoisotopic (exact) mass is 263 g/mol. The molecule has 1 unspecified atom stereocenters. The maximum Gasteiger partial charge on any atom is 0.269 e. The number of nitro benzene ring substituents is 1. The third-order valence-electron chi connectivity index (χ3n) is 3.58. The highest BCUT2D eigenvalue weighted by Gasteiger charge is 2.41. The van der Waals surface area contributed by atoms with Crippen molar-refractivity contribution < 1.29 is 9.72 Å². The molecule has 2 rings (SSSR count). The van der Waals surface area contributed by atoms with E-state index in [0.29, 0.717) is 6.42 Å². The number of hydrogen-bond donors (Lipinski definition) is 1. The van der Waals surface area contributed by atoms with Gasteiger partial charge in [0.25, 0.3) is 5.69 Å². The lowest BCUT2D eigenvalue weighted by molar-refractivity contribution is -0.384. The van der Waals surface area contributed by atoms with Crippen molar-refractivity contribution in [2.75, 3.05) is 7.05 Å². The van der Waals surface area contributed by atoms with E-state index < -0.39 is 4.92 Å². The smallest absolute Gasteiger partial charge is 0.269 e. The summed E-state index contributed by atoms with van der Waals surface area (Å²) in [6.07, 6.45) is 0.532. The van der Waals surface area contributed by atoms with Gasteiger partial charge >= 0.3 is 0 Å². The van der Waals surface area contributed by atoms with Crippen LogP contribution in [-0.4, -0.2) is 34.5 Å². The number of benzene rings is 1. The Labute approximate surface area is 111 Å². The number of non-ortho nitro benzene ring substituents is 1. The molecule has 0 aliphatic carbocycles. The molecule has 1 heterocycles. The van der Waals surface area contributed by atoms with Crippen LogP contribution in [0, 0.1) is 10.1 Å². The average molecular weight is 263 g/mol. The van der Waals surface area contributed by atoms with Gasteiger partial charge in [-0.05, 0) is 25.8 Å². The number of nitro groups is 1. The Bertz CT molecular complexity index is 510. The molecular weight excluding hydrogens is 246 g/mol. The quantitative estimate of drug-likeness (QED) is 0.659. The van der Waals surface area contributed by atoms with Crippen LogP contribution in [0.15, 0.2) is 24.3 Å². The molecule has 6 nitrogen and oxygen atoms in total. The molecule has 1 amide bonds. The first-order valence-electron chi connectivity index (χ1n) is 6.10. The molecule has 19 heavy (non-hydrogen) atoms. The van der Waals surface area contributed by atoms with E-state index in [0.717, 1.165) is 5.56 Å². The molecule has 1 fully saturated rings. The Kier molecular flexibility index (Phi) is 3.28. The van der Waals surface area contributed by atoms with E-state index in [1.54, 1.807) is 24.1 Å². The fourth-order valence-corrected chi connectivity index (χ4v) is 2.22. The molecule has 0 aromatic heterocycles. The predicted octanol–water partition coefficient (Wildman–Crippen LogP) is 1.30. The van der Waals surface area contributed by atoms with Crippen molar-refractivity contribution in [2.45, 2.75) is 32.0 Å². The van der Waals surface area contributed by atoms with E-state index in [4.69, 9.17) is 0 Å². The zero-order chi connectivity index (χ0) is 14.2. The highest BCUT2D eigenvalue weighted by atomic mass is 16.6. The lowest BCUT2D eigenvalue weighted by Crippen LogP contribution is -2.45. The number of amides is 1. The number of nitrogens with zero attached hydrogens (tertiary/aromatic N) is 2. The summed E-state index contributed by atoms with van der Waals surface area (Å²) in [5.74, 6) is 0.0448. The van der Waals surface area contributed by atoms with E-state index in [1.807, 2.05) is 13.8 Å². The first kappa shape index (κ1) is 13.5. The fraction of sp³-hybridized carbons (Fsp3) is 0.462. The molecular formula is C13H17N3O3. The number of likely N-dealkylation sites (N-methyl/N-ethyl adjacent to an activating group) is 1. The number of carbonyl (C=O) groups is 1. The molecule has 0 bridgehead atoms. The third-order valence-corrected chi connectivity index (χ3v) is 3.58. The molecule has 1 aromatic rings. The van der Waals surface area contributed by atoms with Gasteiger partial charge in [-0.15, -0.1) is 0 Å². The van der Waals surface area contributed by atoms with Gasteiger partial charge in [0.1, 0.15) is 0 Å². The standard InChI is InChI=1S/C13H17N3O3/c1-13(2)14-11(12(17)15(13)3)8-9-4-6-10(7-5-9)16(18)19/h4-7,11,14H,8H2,1-3H3. The van der Waals surface area contributed by atoms with Crippen molar-refractivity contribution in [1.29, 1.82) is 0 Å². The Morgan fingerprint density at radius 1 is 1.37 bits per heavy atom. The summed E-state index contributed by atoms with van der Waals surface area (Å²) in [6, 6.07) is 6.03. The molecule has 0 saturated carbocycles. The summed E-state index contributed by atoms with van der Waals surface area (Å²) < 4.78 is 0. The lowest BCUT2D eigenvalue weighted by atomic mass is 10.1. The minimum absolute atomic E-state index is 0.0448. The second-order valence-corrected chi connectivity index (χ2v) is 5.28. The molecule has 1 atom stereocenters. The number of hydrogen-bond acceptors (Lipinski definition) is 4. The summed E-state index contributed by atoms with van der Waals surface area (Å²) >= 11 is 0. The Balaban J connectivity index is 2.10. The van der Waals surface area contributed by atoms with Gasteiger partial charge in [0, 0.05) is 19.2 Å². The Morgan fingerprint density at radius 2 is 1.95 bits per heavy atom. The zero-order valence-corrected chi connectivity index (χ0v) is 11.2. The summed E-state index contributed by atoms with van der Waals surface area (Å²) in [5.41, 5.74) is 0.608. The maximum absolute atomic E-state index is 12.1. The summed E-state index contributed by atoms with van der Waals surface area (Å²) in [5, 5.41) is 13.8. The Morgan fingerprint density at radius 3 is 2.37 bits per heavy atom. The van der Waals surface area contributed by atoms with Crippen molar-refractivity contribution >= 4 is 11.6 Å². The molecule has 1 aliphatic rings. The van der Waals surface area contributed by atoms with Gasteiger partial charge in [-0.2, -0.15) is 0 Å². The van der Waals surface area contributed by atoms with Crippen LogP contribution in [0.1, 0.15) is 19.4 Å². The highest BCUT2D eigenvalue weighted by Crippen LogP contribution is 2.21. The van der Waals surface area contributed by atoms with Crippen molar-refractivity contribution in [3.63, 3.8) is 0 Å². The van der Waals surface area contributed by atoms with Crippen LogP contribution in [-0.2, 0) is 11.2 Å². The predicted molar refractivity (Wildman–Crippen MR) is 70.6 cm³/mol. The number of carbonyl (C=O) groups excluding carboxylic acids is 1. The minimum atomic E-state index is -0.431. The zero-order valence-electron chi connectivity index (χ0n) is 11.2. The number of nitrogens with one attached hydrogen (secondary N) is 1. The second-order valence-electron chi connectivity index (χ2n) is 5.28. The van der Waals surface area contributed by atoms with Crippen LogP contribution in [0.4, 0.5) is 5.69 Å². The fourth-order valence-electron chi connectivity index (χ4n) is 2.22. The van der Waals surface area contributed by atoms with Crippen molar-refractivity contribution in [3.05, 3.63) is 39.9 Å². The second kappa shape index (κ2) is 4.62. The van der Waals surface area contributed by atoms with Crippen molar-refractivity contribution in [2.24, 2.45) is 0 Å². The third kappa shape index (κ3) is 2.58. The van der Waals surface area contributed by atoms with Gasteiger partial charge in [0.15, 0.2) is 0 Å². The molecule has 1 aromatic carbocycles. The van der Waals surface area contributed by atoms with E-state index in [-0.39, 0.29) is 23.3 Å². The van der Waals surface area contributed by atoms with Gasteiger partial charge in [0.2, 0.25) is 5.91 Å². The van der Waals surface area contributed by atoms with Crippen LogP contribution in [0.25, 0.3) is 0 Å². The van der Waals surface area contributed by atoms with Crippen LogP contribution in [0.2, 0.25) is 0 Å². The summed E-state index contributed by atoms with van der Waals surface area (Å²) in [6.45, 7) is 3.89. The van der Waals surface area contributed by atoms with Gasteiger partial charge in [-0.25, -0.2) is 0 Å². The lowest BCUT2D eigenvalue weighted by Gasteiger charge is -2.27. The van der Waals surface area contributed by atoms with Crippen LogP contribution >= 0.6 is 0 Å². The molecule has 0 spiro atoms. The summed E-state index contributed by atoms with van der Waals surface area (Å²) in [4.78, 5) is 23.9. The van der Waals surface area contributed by atoms with Gasteiger partial charge in [-0.1, -0.05) is 12.1 Å². The van der Waals surface area contributed by atoms with E-state index >= 15 is 0 Å². The van der Waals surface area contributed by atoms with Crippen molar-refractivity contribution in [1.82, 2.24) is 10.2 Å². The molecule has 0 radical (unpaired) electrons. The van der Waals surface area contributed by atoms with E-state index in [2.05, 4.69) is 5.32 Å². The van der Waals surface area contributed by atoms with Gasteiger partial charge in [0.05, 0.1) is 16.6 Å². The topological polar surface area (TPSA) is 75.5 Å². The first-order valence-corrected chi connectivity index (χ1v) is 6.10. The highest BCUT2D eigenvalue weighted by molar-refractivity contribution is 5.85. The van der Waals surface area contributed by atoms with Gasteiger partial charge < -0.3 is 4.90 Å².